The molecule has 1 aliphatic rings. The molecule has 0 saturated heterocycles. The summed E-state index contributed by atoms with van der Waals surface area (Å²) in [6.07, 6.45) is 7.45. The van der Waals surface area contributed by atoms with Crippen molar-refractivity contribution in [1.82, 2.24) is 9.97 Å². The molecule has 122 valence electrons. The highest BCUT2D eigenvalue weighted by Gasteiger charge is 2.19. The highest BCUT2D eigenvalue weighted by atomic mass is 35.5. The molecule has 24 heavy (non-hydrogen) atoms. The summed E-state index contributed by atoms with van der Waals surface area (Å²) in [7, 11) is 0. The molecule has 0 bridgehead atoms. The van der Waals surface area contributed by atoms with Crippen LogP contribution in [0.4, 0.5) is 10.2 Å². The van der Waals surface area contributed by atoms with Crippen LogP contribution in [0, 0.1) is 5.82 Å². The Labute approximate surface area is 147 Å². The normalized spacial score (nSPS) is 14.2. The fraction of sp³-hybridized carbons (Fsp3) is 0.235. The Morgan fingerprint density at radius 3 is 3.00 bits per heavy atom. The number of thiophene rings is 1. The molecule has 3 aromatic rings. The number of nitrogens with one attached hydrogen (secondary N) is 1. The summed E-state index contributed by atoms with van der Waals surface area (Å²) in [5.41, 5.74) is 4.50. The number of benzene rings is 1. The molecule has 0 unspecified atom stereocenters. The standard InChI is InChI=1S/C17H14ClFN4S/c18-12-5-3-6-13(19)11(12)8-22-23-16-15-10-4-1-2-7-14(10)24-17(15)21-9-20-16/h3,5-6,8-9H,1-2,4,7H2,(H,20,21,23)/b22-8-. The van der Waals surface area contributed by atoms with Gasteiger partial charge in [0.05, 0.1) is 16.6 Å². The first-order chi connectivity index (χ1) is 11.7. The minimum absolute atomic E-state index is 0.254. The third-order valence-corrected chi connectivity index (χ3v) is 5.64. The zero-order valence-corrected chi connectivity index (χ0v) is 14.3. The molecular formula is C17H14ClFN4S. The van der Waals surface area contributed by atoms with Crippen molar-refractivity contribution < 1.29 is 4.39 Å². The van der Waals surface area contributed by atoms with Gasteiger partial charge in [0.1, 0.15) is 17.0 Å². The average molecular weight is 361 g/mol. The second-order valence-electron chi connectivity index (χ2n) is 5.62. The first-order valence-corrected chi connectivity index (χ1v) is 8.92. The van der Waals surface area contributed by atoms with Gasteiger partial charge in [0.25, 0.3) is 0 Å². The van der Waals surface area contributed by atoms with Gasteiger partial charge in [0, 0.05) is 10.4 Å². The van der Waals surface area contributed by atoms with Crippen LogP contribution in [0.15, 0.2) is 29.6 Å². The molecule has 0 radical (unpaired) electrons. The average Bonchev–Trinajstić information content (AvgIpc) is 2.97. The van der Waals surface area contributed by atoms with E-state index in [9.17, 15) is 4.39 Å². The number of fused-ring (bicyclic) bond motifs is 3. The lowest BCUT2D eigenvalue weighted by Crippen LogP contribution is -2.01. The van der Waals surface area contributed by atoms with Gasteiger partial charge in [-0.1, -0.05) is 17.7 Å². The number of hydrazone groups is 1. The molecule has 4 rings (SSSR count). The van der Waals surface area contributed by atoms with Crippen LogP contribution in [-0.2, 0) is 12.8 Å². The molecule has 1 N–H and O–H groups in total. The smallest absolute Gasteiger partial charge is 0.158 e. The van der Waals surface area contributed by atoms with Crippen LogP contribution >= 0.6 is 22.9 Å². The number of nitrogens with zero attached hydrogens (tertiary/aromatic N) is 3. The number of aryl methyl sites for hydroxylation is 2. The van der Waals surface area contributed by atoms with Crippen molar-refractivity contribution in [3.63, 3.8) is 0 Å². The maximum absolute atomic E-state index is 13.8. The van der Waals surface area contributed by atoms with Gasteiger partial charge >= 0.3 is 0 Å². The van der Waals surface area contributed by atoms with Crippen LogP contribution in [-0.4, -0.2) is 16.2 Å². The van der Waals surface area contributed by atoms with Crippen molar-refractivity contribution in [2.45, 2.75) is 25.7 Å². The highest BCUT2D eigenvalue weighted by Crippen LogP contribution is 2.38. The summed E-state index contributed by atoms with van der Waals surface area (Å²) in [5.74, 6) is 0.247. The Balaban J connectivity index is 1.68. The Morgan fingerprint density at radius 1 is 1.25 bits per heavy atom. The second kappa shape index (κ2) is 6.45. The number of hydrogen-bond donors (Lipinski definition) is 1. The van der Waals surface area contributed by atoms with Gasteiger partial charge in [-0.3, -0.25) is 5.43 Å². The van der Waals surface area contributed by atoms with Crippen molar-refractivity contribution in [3.8, 4) is 0 Å². The molecule has 0 amide bonds. The molecule has 2 aromatic heterocycles. The Kier molecular flexibility index (Phi) is 4.16. The summed E-state index contributed by atoms with van der Waals surface area (Å²) in [6, 6.07) is 4.55. The number of halogens is 2. The minimum Gasteiger partial charge on any atom is -0.261 e. The maximum Gasteiger partial charge on any atom is 0.158 e. The van der Waals surface area contributed by atoms with Crippen LogP contribution in [0.2, 0.25) is 5.02 Å². The molecule has 1 aliphatic carbocycles. The summed E-state index contributed by atoms with van der Waals surface area (Å²) in [6.45, 7) is 0. The first-order valence-electron chi connectivity index (χ1n) is 7.72. The predicted octanol–water partition coefficient (Wildman–Crippen LogP) is 4.81. The van der Waals surface area contributed by atoms with E-state index < -0.39 is 5.82 Å². The third-order valence-electron chi connectivity index (χ3n) is 4.12. The molecule has 7 heteroatoms. The van der Waals surface area contributed by atoms with Gasteiger partial charge in [0.2, 0.25) is 0 Å². The van der Waals surface area contributed by atoms with Crippen molar-refractivity contribution in [2.24, 2.45) is 5.10 Å². The Hall–Kier alpha value is -2.05. The number of hydrogen-bond acceptors (Lipinski definition) is 5. The monoisotopic (exact) mass is 360 g/mol. The van der Waals surface area contributed by atoms with Crippen LogP contribution in [0.1, 0.15) is 28.8 Å². The van der Waals surface area contributed by atoms with E-state index in [4.69, 9.17) is 11.6 Å². The van der Waals surface area contributed by atoms with Crippen molar-refractivity contribution >= 4 is 45.2 Å². The zero-order chi connectivity index (χ0) is 16.5. The molecule has 1 aromatic carbocycles. The van der Waals surface area contributed by atoms with Crippen LogP contribution in [0.25, 0.3) is 10.2 Å². The maximum atomic E-state index is 13.8. The third kappa shape index (κ3) is 2.76. The molecule has 0 saturated carbocycles. The quantitative estimate of drug-likeness (QED) is 0.538. The molecule has 4 nitrogen and oxygen atoms in total. The summed E-state index contributed by atoms with van der Waals surface area (Å²) < 4.78 is 13.8. The van der Waals surface area contributed by atoms with Gasteiger partial charge in [-0.05, 0) is 43.4 Å². The lowest BCUT2D eigenvalue weighted by Gasteiger charge is -2.11. The molecule has 0 atom stereocenters. The van der Waals surface area contributed by atoms with Crippen LogP contribution < -0.4 is 5.43 Å². The number of rotatable bonds is 3. The lowest BCUT2D eigenvalue weighted by molar-refractivity contribution is 0.626. The van der Waals surface area contributed by atoms with E-state index >= 15 is 0 Å². The largest absolute Gasteiger partial charge is 0.261 e. The zero-order valence-electron chi connectivity index (χ0n) is 12.7. The Bertz CT molecular complexity index is 917. The lowest BCUT2D eigenvalue weighted by atomic mass is 9.97. The van der Waals surface area contributed by atoms with Crippen molar-refractivity contribution in [1.29, 1.82) is 0 Å². The summed E-state index contributed by atoms with van der Waals surface area (Å²) in [4.78, 5) is 11.0. The predicted molar refractivity (Wildman–Crippen MR) is 96.7 cm³/mol. The Morgan fingerprint density at radius 2 is 2.12 bits per heavy atom. The summed E-state index contributed by atoms with van der Waals surface area (Å²) >= 11 is 7.73. The molecular weight excluding hydrogens is 347 g/mol. The van der Waals surface area contributed by atoms with E-state index in [0.29, 0.717) is 10.8 Å². The molecule has 0 fully saturated rings. The second-order valence-corrected chi connectivity index (χ2v) is 7.11. The van der Waals surface area contributed by atoms with E-state index in [1.807, 2.05) is 0 Å². The van der Waals surface area contributed by atoms with E-state index in [1.165, 1.54) is 41.9 Å². The van der Waals surface area contributed by atoms with Crippen molar-refractivity contribution in [3.05, 3.63) is 51.4 Å². The van der Waals surface area contributed by atoms with Gasteiger partial charge in [-0.15, -0.1) is 11.3 Å². The topological polar surface area (TPSA) is 50.2 Å². The summed E-state index contributed by atoms with van der Waals surface area (Å²) in [5, 5.41) is 5.48. The van der Waals surface area contributed by atoms with E-state index in [0.717, 1.165) is 23.1 Å². The van der Waals surface area contributed by atoms with Crippen molar-refractivity contribution in [2.75, 3.05) is 5.43 Å². The van der Waals surface area contributed by atoms with Gasteiger partial charge in [0.15, 0.2) is 5.82 Å². The molecule has 0 spiro atoms. The fourth-order valence-corrected chi connectivity index (χ4v) is 4.41. The van der Waals surface area contributed by atoms with Gasteiger partial charge < -0.3 is 0 Å². The van der Waals surface area contributed by atoms with E-state index in [2.05, 4.69) is 20.5 Å². The first kappa shape index (κ1) is 15.5. The molecule has 2 heterocycles. The van der Waals surface area contributed by atoms with E-state index in [-0.39, 0.29) is 5.56 Å². The van der Waals surface area contributed by atoms with Crippen LogP contribution in [0.3, 0.4) is 0 Å². The number of aromatic nitrogens is 2. The van der Waals surface area contributed by atoms with Gasteiger partial charge in [-0.25, -0.2) is 14.4 Å². The highest BCUT2D eigenvalue weighted by molar-refractivity contribution is 7.19. The van der Waals surface area contributed by atoms with Crippen LogP contribution in [0.5, 0.6) is 0 Å². The minimum atomic E-state index is -0.409. The van der Waals surface area contributed by atoms with E-state index in [1.54, 1.807) is 23.5 Å². The van der Waals surface area contributed by atoms with Gasteiger partial charge in [-0.2, -0.15) is 5.10 Å². The molecule has 0 aliphatic heterocycles. The number of anilines is 1. The fourth-order valence-electron chi connectivity index (χ4n) is 2.97. The SMILES string of the molecule is Fc1cccc(Cl)c1/C=N\Nc1ncnc2sc3c(c12)CCCC3.